The van der Waals surface area contributed by atoms with Gasteiger partial charge < -0.3 is 8.94 Å². The molecule has 0 aliphatic carbocycles. The average molecular weight is 254 g/mol. The molecule has 1 aromatic carbocycles. The van der Waals surface area contributed by atoms with Gasteiger partial charge in [-0.3, -0.25) is 10.1 Å². The van der Waals surface area contributed by atoms with Crippen molar-refractivity contribution in [1.82, 2.24) is 5.16 Å². The number of anilines is 1. The molecule has 0 radical (unpaired) electrons. The molecule has 0 aliphatic heterocycles. The summed E-state index contributed by atoms with van der Waals surface area (Å²) in [5.74, 6) is 0.124. The number of furan rings is 1. The highest BCUT2D eigenvalue weighted by Gasteiger charge is 2.12. The Morgan fingerprint density at radius 1 is 1.11 bits per heavy atom. The molecule has 19 heavy (non-hydrogen) atoms. The van der Waals surface area contributed by atoms with Crippen molar-refractivity contribution in [3.8, 4) is 11.3 Å². The molecule has 5 heteroatoms. The first kappa shape index (κ1) is 11.3. The molecule has 0 saturated carbocycles. The molecule has 1 N–H and O–H groups in total. The molecule has 0 bridgehead atoms. The van der Waals surface area contributed by atoms with Crippen molar-refractivity contribution in [1.29, 1.82) is 0 Å². The molecule has 0 aliphatic rings. The molecular weight excluding hydrogens is 244 g/mol. The van der Waals surface area contributed by atoms with Crippen molar-refractivity contribution in [2.75, 3.05) is 5.32 Å². The van der Waals surface area contributed by atoms with Crippen molar-refractivity contribution in [3.63, 3.8) is 0 Å². The molecule has 3 rings (SSSR count). The van der Waals surface area contributed by atoms with E-state index in [1.165, 1.54) is 6.26 Å². The van der Waals surface area contributed by atoms with Crippen LogP contribution < -0.4 is 5.32 Å². The molecule has 2 heterocycles. The lowest BCUT2D eigenvalue weighted by Crippen LogP contribution is -2.09. The minimum absolute atomic E-state index is 0.220. The predicted octanol–water partition coefficient (Wildman–Crippen LogP) is 3.19. The molecule has 0 unspecified atom stereocenters. The van der Waals surface area contributed by atoms with E-state index in [0.29, 0.717) is 5.69 Å². The smallest absolute Gasteiger partial charge is 0.293 e. The van der Waals surface area contributed by atoms with E-state index in [1.54, 1.807) is 18.2 Å². The Balaban J connectivity index is 1.77. The Morgan fingerprint density at radius 2 is 1.95 bits per heavy atom. The first-order chi connectivity index (χ1) is 9.33. The zero-order valence-electron chi connectivity index (χ0n) is 9.87. The highest BCUT2D eigenvalue weighted by Crippen LogP contribution is 2.21. The van der Waals surface area contributed by atoms with Crippen LogP contribution >= 0.6 is 0 Å². The van der Waals surface area contributed by atoms with Crippen LogP contribution in [0.15, 0.2) is 63.7 Å². The van der Waals surface area contributed by atoms with Crippen LogP contribution in [0.5, 0.6) is 0 Å². The summed E-state index contributed by atoms with van der Waals surface area (Å²) in [5, 5.41) is 6.47. The van der Waals surface area contributed by atoms with E-state index in [9.17, 15) is 4.79 Å². The van der Waals surface area contributed by atoms with Crippen LogP contribution in [0.4, 0.5) is 5.88 Å². The second-order valence-corrected chi connectivity index (χ2v) is 3.87. The maximum Gasteiger partial charge on any atom is 0.293 e. The average Bonchev–Trinajstić information content (AvgIpc) is 3.11. The molecule has 0 spiro atoms. The number of rotatable bonds is 3. The SMILES string of the molecule is O=C(Nc1cc(-c2ccccc2)no1)c1ccco1. The summed E-state index contributed by atoms with van der Waals surface area (Å²) in [6.45, 7) is 0. The summed E-state index contributed by atoms with van der Waals surface area (Å²) < 4.78 is 10.0. The predicted molar refractivity (Wildman–Crippen MR) is 68.6 cm³/mol. The number of nitrogens with zero attached hydrogens (tertiary/aromatic N) is 1. The lowest BCUT2D eigenvalue weighted by Gasteiger charge is -1.95. The van der Waals surface area contributed by atoms with E-state index < -0.39 is 0 Å². The number of benzene rings is 1. The fraction of sp³-hybridized carbons (Fsp3) is 0. The number of carbonyl (C=O) groups is 1. The van der Waals surface area contributed by atoms with Gasteiger partial charge in [-0.05, 0) is 12.1 Å². The first-order valence-corrected chi connectivity index (χ1v) is 5.70. The van der Waals surface area contributed by atoms with E-state index in [4.69, 9.17) is 8.94 Å². The van der Waals surface area contributed by atoms with Gasteiger partial charge in [0.25, 0.3) is 5.91 Å². The second-order valence-electron chi connectivity index (χ2n) is 3.87. The molecule has 2 aromatic heterocycles. The van der Waals surface area contributed by atoms with Gasteiger partial charge in [0.2, 0.25) is 5.88 Å². The molecule has 0 atom stereocenters. The Hall–Kier alpha value is -2.82. The van der Waals surface area contributed by atoms with Crippen LogP contribution in [-0.2, 0) is 0 Å². The molecule has 5 nitrogen and oxygen atoms in total. The summed E-state index contributed by atoms with van der Waals surface area (Å²) in [6, 6.07) is 14.4. The Kier molecular flexibility index (Phi) is 2.86. The number of nitrogens with one attached hydrogen (secondary N) is 1. The lowest BCUT2D eigenvalue weighted by molar-refractivity contribution is 0.0993. The Labute approximate surface area is 108 Å². The Bertz CT molecular complexity index is 672. The second kappa shape index (κ2) is 4.81. The van der Waals surface area contributed by atoms with E-state index in [-0.39, 0.29) is 17.6 Å². The van der Waals surface area contributed by atoms with Crippen LogP contribution in [0.3, 0.4) is 0 Å². The van der Waals surface area contributed by atoms with Gasteiger partial charge in [-0.15, -0.1) is 0 Å². The zero-order chi connectivity index (χ0) is 13.1. The summed E-state index contributed by atoms with van der Waals surface area (Å²) in [4.78, 5) is 11.7. The van der Waals surface area contributed by atoms with E-state index in [0.717, 1.165) is 5.56 Å². The third-order valence-corrected chi connectivity index (χ3v) is 2.56. The molecule has 3 aromatic rings. The van der Waals surface area contributed by atoms with Crippen molar-refractivity contribution in [3.05, 3.63) is 60.6 Å². The third kappa shape index (κ3) is 2.40. The molecular formula is C14H10N2O3. The van der Waals surface area contributed by atoms with Crippen LogP contribution in [-0.4, -0.2) is 11.1 Å². The summed E-state index contributed by atoms with van der Waals surface area (Å²) in [7, 11) is 0. The fourth-order valence-corrected chi connectivity index (χ4v) is 1.66. The number of hydrogen-bond acceptors (Lipinski definition) is 4. The van der Waals surface area contributed by atoms with E-state index in [1.807, 2.05) is 30.3 Å². The zero-order valence-corrected chi connectivity index (χ0v) is 9.87. The Morgan fingerprint density at radius 3 is 2.68 bits per heavy atom. The topological polar surface area (TPSA) is 68.3 Å². The summed E-state index contributed by atoms with van der Waals surface area (Å²) in [6.07, 6.45) is 1.44. The van der Waals surface area contributed by atoms with Crippen LogP contribution in [0.25, 0.3) is 11.3 Å². The van der Waals surface area contributed by atoms with Crippen LogP contribution in [0.1, 0.15) is 10.6 Å². The van der Waals surface area contributed by atoms with Gasteiger partial charge in [0.15, 0.2) is 5.76 Å². The summed E-state index contributed by atoms with van der Waals surface area (Å²) in [5.41, 5.74) is 1.58. The molecule has 1 amide bonds. The quantitative estimate of drug-likeness (QED) is 0.779. The summed E-state index contributed by atoms with van der Waals surface area (Å²) >= 11 is 0. The number of carbonyl (C=O) groups excluding carboxylic acids is 1. The van der Waals surface area contributed by atoms with E-state index >= 15 is 0 Å². The van der Waals surface area contributed by atoms with Crippen LogP contribution in [0.2, 0.25) is 0 Å². The van der Waals surface area contributed by atoms with Crippen LogP contribution in [0, 0.1) is 0 Å². The highest BCUT2D eigenvalue weighted by molar-refractivity contribution is 6.01. The van der Waals surface area contributed by atoms with Gasteiger partial charge >= 0.3 is 0 Å². The lowest BCUT2D eigenvalue weighted by atomic mass is 10.2. The number of amides is 1. The van der Waals surface area contributed by atoms with Crippen molar-refractivity contribution in [2.24, 2.45) is 0 Å². The van der Waals surface area contributed by atoms with Gasteiger partial charge in [-0.2, -0.15) is 0 Å². The molecule has 0 saturated heterocycles. The van der Waals surface area contributed by atoms with E-state index in [2.05, 4.69) is 10.5 Å². The monoisotopic (exact) mass is 254 g/mol. The fourth-order valence-electron chi connectivity index (χ4n) is 1.66. The van der Waals surface area contributed by atoms with Gasteiger partial charge in [0, 0.05) is 11.6 Å². The third-order valence-electron chi connectivity index (χ3n) is 2.56. The highest BCUT2D eigenvalue weighted by atomic mass is 16.5. The largest absolute Gasteiger partial charge is 0.459 e. The van der Waals surface area contributed by atoms with Gasteiger partial charge in [0.1, 0.15) is 5.69 Å². The standard InChI is InChI=1S/C14H10N2O3/c17-14(12-7-4-8-18-12)15-13-9-11(16-19-13)10-5-2-1-3-6-10/h1-9H,(H,15,17). The maximum atomic E-state index is 11.7. The normalized spacial score (nSPS) is 10.3. The minimum Gasteiger partial charge on any atom is -0.459 e. The number of aromatic nitrogens is 1. The van der Waals surface area contributed by atoms with Crippen molar-refractivity contribution in [2.45, 2.75) is 0 Å². The van der Waals surface area contributed by atoms with Gasteiger partial charge in [0.05, 0.1) is 6.26 Å². The molecule has 94 valence electrons. The van der Waals surface area contributed by atoms with Gasteiger partial charge in [-0.1, -0.05) is 35.5 Å². The van der Waals surface area contributed by atoms with Crippen molar-refractivity contribution >= 4 is 11.8 Å². The first-order valence-electron chi connectivity index (χ1n) is 5.70. The molecule has 0 fully saturated rings. The number of hydrogen-bond donors (Lipinski definition) is 1. The maximum absolute atomic E-state index is 11.7. The van der Waals surface area contributed by atoms with Gasteiger partial charge in [-0.25, -0.2) is 0 Å². The van der Waals surface area contributed by atoms with Crippen molar-refractivity contribution < 1.29 is 13.7 Å². The minimum atomic E-state index is -0.374.